The van der Waals surface area contributed by atoms with Crippen molar-refractivity contribution in [2.24, 2.45) is 0 Å². The average molecular weight is 727 g/mol. The normalized spacial score (nSPS) is 16.5. The van der Waals surface area contributed by atoms with Crippen LogP contribution in [0.4, 0.5) is 101 Å². The molecule has 40 heavy (non-hydrogen) atoms. The van der Waals surface area contributed by atoms with Crippen LogP contribution in [0.2, 0.25) is 0 Å². The van der Waals surface area contributed by atoms with E-state index in [0.717, 1.165) is 20.7 Å². The highest BCUT2D eigenvalue weighted by molar-refractivity contribution is 9.10. The van der Waals surface area contributed by atoms with E-state index in [2.05, 4.69) is 4.74 Å². The largest absolute Gasteiger partial charge is 0.460 e. The molecule has 0 saturated heterocycles. The van der Waals surface area contributed by atoms with Crippen molar-refractivity contribution in [1.29, 1.82) is 0 Å². The summed E-state index contributed by atoms with van der Waals surface area (Å²) < 4.78 is 301. The van der Waals surface area contributed by atoms with E-state index in [1.54, 1.807) is 4.74 Å². The van der Waals surface area contributed by atoms with Crippen molar-refractivity contribution in [1.82, 2.24) is 0 Å². The lowest BCUT2D eigenvalue weighted by molar-refractivity contribution is -0.570. The molecule has 0 aliphatic heterocycles. The first-order valence-corrected chi connectivity index (χ1v) is 8.90. The third kappa shape index (κ3) is 7.75. The lowest BCUT2D eigenvalue weighted by Gasteiger charge is -2.37. The lowest BCUT2D eigenvalue weighted by atomic mass is 10.1. The first-order chi connectivity index (χ1) is 16.8. The minimum atomic E-state index is -8.29. The molecule has 0 heterocycles. The molecule has 0 aliphatic carbocycles. The van der Waals surface area contributed by atoms with E-state index in [0.29, 0.717) is 0 Å². The molecular formula is C12H2BrF23O4. The van der Waals surface area contributed by atoms with Gasteiger partial charge in [-0.05, 0) is 0 Å². The highest BCUT2D eigenvalue weighted by Crippen LogP contribution is 2.56. The third-order valence-corrected chi connectivity index (χ3v) is 3.80. The Morgan fingerprint density at radius 3 is 0.975 bits per heavy atom. The van der Waals surface area contributed by atoms with Crippen LogP contribution >= 0.6 is 15.9 Å². The first kappa shape index (κ1) is 38.7. The van der Waals surface area contributed by atoms with E-state index in [1.165, 1.54) is 4.74 Å². The molecule has 0 unspecified atom stereocenters. The molecule has 0 bridgehead atoms. The van der Waals surface area contributed by atoms with Gasteiger partial charge in [0.05, 0.1) is 0 Å². The Balaban J connectivity index is 6.02. The van der Waals surface area contributed by atoms with Gasteiger partial charge in [-0.2, -0.15) is 101 Å². The van der Waals surface area contributed by atoms with Gasteiger partial charge in [0.25, 0.3) is 0 Å². The van der Waals surface area contributed by atoms with Crippen LogP contribution in [0.5, 0.6) is 0 Å². The van der Waals surface area contributed by atoms with E-state index in [4.69, 9.17) is 0 Å². The van der Waals surface area contributed by atoms with Crippen LogP contribution in [0.15, 0.2) is 0 Å². The molecule has 0 saturated carbocycles. The van der Waals surface area contributed by atoms with Crippen molar-refractivity contribution in [2.75, 3.05) is 6.61 Å². The van der Waals surface area contributed by atoms with Gasteiger partial charge in [0.15, 0.2) is 0 Å². The summed E-state index contributed by atoms with van der Waals surface area (Å²) in [5.41, 5.74) is 0. The summed E-state index contributed by atoms with van der Waals surface area (Å²) >= 11 is 0.820. The maximum atomic E-state index is 13.2. The summed E-state index contributed by atoms with van der Waals surface area (Å²) in [6.45, 7) is -3.60. The molecule has 0 spiro atoms. The number of hydrogen-bond donors (Lipinski definition) is 0. The minimum absolute atomic E-state index is 0.820. The van der Waals surface area contributed by atoms with E-state index in [-0.39, 0.29) is 0 Å². The topological polar surface area (TPSA) is 36.9 Å². The Kier molecular flexibility index (Phi) is 10.1. The van der Waals surface area contributed by atoms with Crippen molar-refractivity contribution < 1.29 is 120 Å². The number of hydrogen-bond acceptors (Lipinski definition) is 4. The van der Waals surface area contributed by atoms with Gasteiger partial charge >= 0.3 is 65.6 Å². The van der Waals surface area contributed by atoms with Crippen molar-refractivity contribution >= 4 is 15.9 Å². The lowest BCUT2D eigenvalue weighted by Crippen LogP contribution is -2.65. The maximum absolute atomic E-state index is 13.2. The highest BCUT2D eigenvalue weighted by Gasteiger charge is 2.85. The number of rotatable bonds is 14. The fourth-order valence-corrected chi connectivity index (χ4v) is 1.57. The highest BCUT2D eigenvalue weighted by atomic mass is 79.9. The third-order valence-electron chi connectivity index (χ3n) is 3.34. The van der Waals surface area contributed by atoms with Gasteiger partial charge in [-0.25, -0.2) is 14.2 Å². The van der Waals surface area contributed by atoms with Gasteiger partial charge in [-0.3, -0.25) is 0 Å². The molecule has 242 valence electrons. The Hall–Kier alpha value is -1.29. The Morgan fingerprint density at radius 2 is 0.675 bits per heavy atom. The molecule has 0 N–H and O–H groups in total. The molecule has 0 aromatic rings. The molecule has 0 atom stereocenters. The first-order valence-electron chi connectivity index (χ1n) is 8.11. The Morgan fingerprint density at radius 1 is 0.375 bits per heavy atom. The monoisotopic (exact) mass is 726 g/mol. The molecule has 28 heteroatoms. The van der Waals surface area contributed by atoms with Crippen molar-refractivity contribution in [3.8, 4) is 0 Å². The predicted molar refractivity (Wildman–Crippen MR) is 73.7 cm³/mol. The van der Waals surface area contributed by atoms with Gasteiger partial charge in [0.2, 0.25) is 0 Å². The summed E-state index contributed by atoms with van der Waals surface area (Å²) in [6, 6.07) is 0. The summed E-state index contributed by atoms with van der Waals surface area (Å²) in [5, 5.41) is 0. The molecule has 0 aliphatic rings. The molecule has 0 rings (SSSR count). The number of alkyl halides is 24. The van der Waals surface area contributed by atoms with Gasteiger partial charge in [-0.1, -0.05) is 0 Å². The van der Waals surface area contributed by atoms with Crippen LogP contribution < -0.4 is 0 Å². The molecule has 0 radical (unpaired) electrons. The van der Waals surface area contributed by atoms with Crippen LogP contribution in [0.25, 0.3) is 0 Å². The van der Waals surface area contributed by atoms with Crippen LogP contribution in [-0.4, -0.2) is 72.2 Å². The van der Waals surface area contributed by atoms with Crippen LogP contribution in [0.1, 0.15) is 0 Å². The second-order valence-electron chi connectivity index (χ2n) is 6.48. The second-order valence-corrected chi connectivity index (χ2v) is 7.47. The zero-order chi connectivity index (χ0) is 33.0. The summed E-state index contributed by atoms with van der Waals surface area (Å²) in [5.74, 6) is -16.4. The Bertz CT molecular complexity index is 876. The van der Waals surface area contributed by atoms with Crippen molar-refractivity contribution in [3.63, 3.8) is 0 Å². The van der Waals surface area contributed by atoms with Gasteiger partial charge in [0.1, 0.15) is 6.61 Å². The fourth-order valence-electron chi connectivity index (χ4n) is 1.46. The summed E-state index contributed by atoms with van der Waals surface area (Å²) in [7, 11) is 0. The van der Waals surface area contributed by atoms with Gasteiger partial charge in [-0.15, -0.1) is 0 Å². The quantitative estimate of drug-likeness (QED) is 0.134. The van der Waals surface area contributed by atoms with E-state index >= 15 is 0 Å². The smallest absolute Gasteiger partial charge is 0.306 e. The maximum Gasteiger partial charge on any atom is 0.460 e. The summed E-state index contributed by atoms with van der Waals surface area (Å²) in [6.07, 6.45) is -59.8. The average Bonchev–Trinajstić information content (AvgIpc) is 2.61. The van der Waals surface area contributed by atoms with Crippen LogP contribution in [-0.2, 0) is 18.9 Å². The molecular weight excluding hydrogens is 725 g/mol. The van der Waals surface area contributed by atoms with E-state index in [1.807, 2.05) is 0 Å². The fraction of sp³-hybridized carbons (Fsp3) is 1.00. The van der Waals surface area contributed by atoms with Crippen LogP contribution in [0.3, 0.4) is 0 Å². The van der Waals surface area contributed by atoms with Crippen LogP contribution in [0, 0.1) is 0 Å². The second kappa shape index (κ2) is 10.5. The molecule has 0 aromatic heterocycles. The van der Waals surface area contributed by atoms with Gasteiger partial charge in [0, 0.05) is 15.9 Å². The molecule has 0 amide bonds. The Labute approximate surface area is 209 Å². The van der Waals surface area contributed by atoms with Gasteiger partial charge < -0.3 is 4.74 Å². The zero-order valence-corrected chi connectivity index (χ0v) is 18.5. The minimum Gasteiger partial charge on any atom is -0.306 e. The molecule has 0 fully saturated rings. The number of ether oxygens (including phenoxy) is 4. The predicted octanol–water partition coefficient (Wildman–Crippen LogP) is 8.02. The standard InChI is InChI=1S/C12H2BrF23O4/c13-5(20,21)8(27,28)37-1-2(14,15)38-9(29,30)10(31,32)40-12(35,36)11(33,34)39-7(25,26)4(18,19)3(16,17)6(22,23)24/h1H2. The SMILES string of the molecule is FC(F)(COC(F)(F)C(F)(F)Br)OC(F)(F)C(F)(F)OC(F)(F)C(F)(F)OC(F)(F)C(F)(F)C(F)(F)C(F)(F)F. The van der Waals surface area contributed by atoms with Crippen molar-refractivity contribution in [3.05, 3.63) is 0 Å². The summed E-state index contributed by atoms with van der Waals surface area (Å²) in [4.78, 5) is -5.58. The van der Waals surface area contributed by atoms with E-state index in [9.17, 15) is 101 Å². The molecule has 4 nitrogen and oxygen atoms in total. The van der Waals surface area contributed by atoms with E-state index < -0.39 is 72.2 Å². The van der Waals surface area contributed by atoms with Crippen molar-refractivity contribution in [2.45, 2.75) is 65.6 Å². The zero-order valence-electron chi connectivity index (χ0n) is 16.9. The number of halogens is 24. The molecule has 0 aromatic carbocycles.